The summed E-state index contributed by atoms with van der Waals surface area (Å²) >= 11 is 3.31. The molecule has 0 saturated heterocycles. The molecular formula is C12H16BrNO3. The molecule has 0 radical (unpaired) electrons. The van der Waals surface area contributed by atoms with E-state index in [4.69, 9.17) is 9.84 Å². The maximum Gasteiger partial charge on any atom is 0.257 e. The van der Waals surface area contributed by atoms with Crippen molar-refractivity contribution in [3.05, 3.63) is 28.7 Å². The zero-order valence-corrected chi connectivity index (χ0v) is 11.2. The lowest BCUT2D eigenvalue weighted by atomic mass is 10.3. The highest BCUT2D eigenvalue weighted by Crippen LogP contribution is 2.15. The van der Waals surface area contributed by atoms with Crippen molar-refractivity contribution >= 4 is 21.8 Å². The van der Waals surface area contributed by atoms with Gasteiger partial charge in [0, 0.05) is 11.0 Å². The number of aliphatic hydroxyl groups is 1. The second-order valence-electron chi connectivity index (χ2n) is 3.73. The maximum absolute atomic E-state index is 11.3. The first-order chi connectivity index (χ1) is 8.08. The number of carbonyl (C=O) groups is 1. The second-order valence-corrected chi connectivity index (χ2v) is 4.65. The summed E-state index contributed by atoms with van der Waals surface area (Å²) in [7, 11) is 0. The molecule has 0 aliphatic rings. The average molecular weight is 302 g/mol. The fraction of sp³-hybridized carbons (Fsp3) is 0.417. The van der Waals surface area contributed by atoms with Crippen LogP contribution in [0.1, 0.15) is 13.3 Å². The largest absolute Gasteiger partial charge is 0.484 e. The number of aliphatic hydroxyl groups excluding tert-OH is 1. The van der Waals surface area contributed by atoms with Gasteiger partial charge in [0.2, 0.25) is 0 Å². The van der Waals surface area contributed by atoms with Gasteiger partial charge in [-0.2, -0.15) is 0 Å². The van der Waals surface area contributed by atoms with E-state index in [9.17, 15) is 4.79 Å². The molecule has 0 spiro atoms. The summed E-state index contributed by atoms with van der Waals surface area (Å²) in [6, 6.07) is 7.27. The number of halogens is 1. The van der Waals surface area contributed by atoms with Crippen LogP contribution in [0, 0.1) is 0 Å². The molecule has 0 aliphatic heterocycles. The molecule has 1 unspecified atom stereocenters. The van der Waals surface area contributed by atoms with E-state index >= 15 is 0 Å². The van der Waals surface area contributed by atoms with E-state index in [0.717, 1.165) is 4.47 Å². The summed E-state index contributed by atoms with van der Waals surface area (Å²) < 4.78 is 6.25. The molecule has 0 saturated carbocycles. The Morgan fingerprint density at radius 3 is 2.71 bits per heavy atom. The predicted molar refractivity (Wildman–Crippen MR) is 68.9 cm³/mol. The highest BCUT2D eigenvalue weighted by Gasteiger charge is 2.03. The number of rotatable bonds is 6. The van der Waals surface area contributed by atoms with E-state index in [-0.39, 0.29) is 12.5 Å². The van der Waals surface area contributed by atoms with Crippen LogP contribution in [-0.4, -0.2) is 30.3 Å². The third-order valence-electron chi connectivity index (χ3n) is 2.07. The molecule has 4 nitrogen and oxygen atoms in total. The van der Waals surface area contributed by atoms with Gasteiger partial charge in [0.1, 0.15) is 5.75 Å². The Morgan fingerprint density at radius 1 is 1.47 bits per heavy atom. The van der Waals surface area contributed by atoms with Crippen LogP contribution in [0.3, 0.4) is 0 Å². The topological polar surface area (TPSA) is 58.6 Å². The molecule has 2 N–H and O–H groups in total. The van der Waals surface area contributed by atoms with Crippen molar-refractivity contribution < 1.29 is 14.6 Å². The maximum atomic E-state index is 11.3. The smallest absolute Gasteiger partial charge is 0.257 e. The van der Waals surface area contributed by atoms with Crippen molar-refractivity contribution in [1.82, 2.24) is 5.32 Å². The number of hydrogen-bond donors (Lipinski definition) is 2. The molecular weight excluding hydrogens is 286 g/mol. The number of carbonyl (C=O) groups excluding carboxylic acids is 1. The van der Waals surface area contributed by atoms with Crippen LogP contribution in [0.2, 0.25) is 0 Å². The minimum atomic E-state index is -0.400. The molecule has 1 aromatic carbocycles. The first-order valence-electron chi connectivity index (χ1n) is 5.41. The first kappa shape index (κ1) is 14.0. The summed E-state index contributed by atoms with van der Waals surface area (Å²) in [4.78, 5) is 11.3. The van der Waals surface area contributed by atoms with Gasteiger partial charge < -0.3 is 15.2 Å². The lowest BCUT2D eigenvalue weighted by molar-refractivity contribution is -0.123. The van der Waals surface area contributed by atoms with Crippen LogP contribution >= 0.6 is 15.9 Å². The Kier molecular flexibility index (Phi) is 6.00. The summed E-state index contributed by atoms with van der Waals surface area (Å²) in [6.07, 6.45) is 0.145. The van der Waals surface area contributed by atoms with Crippen molar-refractivity contribution in [3.8, 4) is 5.75 Å². The summed E-state index contributed by atoms with van der Waals surface area (Å²) in [6.45, 7) is 2.13. The molecule has 0 bridgehead atoms. The van der Waals surface area contributed by atoms with Gasteiger partial charge in [-0.3, -0.25) is 4.79 Å². The van der Waals surface area contributed by atoms with Crippen LogP contribution in [0.5, 0.6) is 5.75 Å². The molecule has 0 fully saturated rings. The highest BCUT2D eigenvalue weighted by atomic mass is 79.9. The summed E-state index contributed by atoms with van der Waals surface area (Å²) in [5.74, 6) is 0.465. The van der Waals surface area contributed by atoms with Gasteiger partial charge in [-0.15, -0.1) is 0 Å². The van der Waals surface area contributed by atoms with Crippen LogP contribution in [0.15, 0.2) is 28.7 Å². The van der Waals surface area contributed by atoms with Gasteiger partial charge >= 0.3 is 0 Å². The predicted octanol–water partition coefficient (Wildman–Crippen LogP) is 1.71. The Balaban J connectivity index is 2.21. The van der Waals surface area contributed by atoms with Gasteiger partial charge in [0.15, 0.2) is 6.61 Å². The lowest BCUT2D eigenvalue weighted by Gasteiger charge is -2.08. The molecule has 5 heteroatoms. The van der Waals surface area contributed by atoms with Gasteiger partial charge in [-0.25, -0.2) is 0 Å². The van der Waals surface area contributed by atoms with Crippen LogP contribution in [0.4, 0.5) is 0 Å². The zero-order valence-electron chi connectivity index (χ0n) is 9.65. The van der Waals surface area contributed by atoms with E-state index in [0.29, 0.717) is 18.7 Å². The molecule has 1 aromatic rings. The Morgan fingerprint density at radius 2 is 2.12 bits per heavy atom. The van der Waals surface area contributed by atoms with E-state index in [1.165, 1.54) is 0 Å². The van der Waals surface area contributed by atoms with E-state index in [1.54, 1.807) is 19.1 Å². The van der Waals surface area contributed by atoms with Gasteiger partial charge in [-0.05, 0) is 37.6 Å². The summed E-state index contributed by atoms with van der Waals surface area (Å²) in [5.41, 5.74) is 0. The van der Waals surface area contributed by atoms with E-state index in [2.05, 4.69) is 21.2 Å². The third kappa shape index (κ3) is 6.28. The second kappa shape index (κ2) is 7.29. The molecule has 1 rings (SSSR count). The fourth-order valence-corrected chi connectivity index (χ4v) is 1.42. The Bertz CT molecular complexity index is 351. The molecule has 0 heterocycles. The van der Waals surface area contributed by atoms with Crippen molar-refractivity contribution in [2.24, 2.45) is 0 Å². The average Bonchev–Trinajstić information content (AvgIpc) is 2.28. The van der Waals surface area contributed by atoms with Crippen molar-refractivity contribution in [2.75, 3.05) is 13.2 Å². The van der Waals surface area contributed by atoms with Crippen LogP contribution < -0.4 is 10.1 Å². The minimum absolute atomic E-state index is 0.0125. The van der Waals surface area contributed by atoms with Crippen LogP contribution in [-0.2, 0) is 4.79 Å². The summed E-state index contributed by atoms with van der Waals surface area (Å²) in [5, 5.41) is 11.7. The number of benzene rings is 1. The minimum Gasteiger partial charge on any atom is -0.484 e. The number of hydrogen-bond acceptors (Lipinski definition) is 3. The SMILES string of the molecule is CC(O)CCNC(=O)COc1ccc(Br)cc1. The lowest BCUT2D eigenvalue weighted by Crippen LogP contribution is -2.31. The number of ether oxygens (including phenoxy) is 1. The number of amides is 1. The Hall–Kier alpha value is -1.07. The van der Waals surface area contributed by atoms with E-state index < -0.39 is 6.10 Å². The standard InChI is InChI=1S/C12H16BrNO3/c1-9(15)6-7-14-12(16)8-17-11-4-2-10(13)3-5-11/h2-5,9,15H,6-8H2,1H3,(H,14,16). The third-order valence-corrected chi connectivity index (χ3v) is 2.60. The highest BCUT2D eigenvalue weighted by molar-refractivity contribution is 9.10. The molecule has 1 amide bonds. The molecule has 0 aliphatic carbocycles. The first-order valence-corrected chi connectivity index (χ1v) is 6.20. The van der Waals surface area contributed by atoms with Crippen molar-refractivity contribution in [2.45, 2.75) is 19.4 Å². The van der Waals surface area contributed by atoms with E-state index in [1.807, 2.05) is 12.1 Å². The molecule has 94 valence electrons. The van der Waals surface area contributed by atoms with Gasteiger partial charge in [0.05, 0.1) is 6.10 Å². The van der Waals surface area contributed by atoms with Crippen molar-refractivity contribution in [1.29, 1.82) is 0 Å². The normalized spacial score (nSPS) is 11.9. The molecule has 0 aromatic heterocycles. The zero-order chi connectivity index (χ0) is 12.7. The van der Waals surface area contributed by atoms with Crippen LogP contribution in [0.25, 0.3) is 0 Å². The van der Waals surface area contributed by atoms with Gasteiger partial charge in [-0.1, -0.05) is 15.9 Å². The monoisotopic (exact) mass is 301 g/mol. The quantitative estimate of drug-likeness (QED) is 0.841. The Labute approximate surface area is 109 Å². The molecule has 1 atom stereocenters. The molecule has 17 heavy (non-hydrogen) atoms. The fourth-order valence-electron chi connectivity index (χ4n) is 1.15. The van der Waals surface area contributed by atoms with Gasteiger partial charge in [0.25, 0.3) is 5.91 Å². The van der Waals surface area contributed by atoms with Crippen molar-refractivity contribution in [3.63, 3.8) is 0 Å². The number of nitrogens with one attached hydrogen (secondary N) is 1.